The maximum Gasteiger partial charge on any atom is 0.0618 e. The van der Waals surface area contributed by atoms with E-state index in [9.17, 15) is 0 Å². The fourth-order valence-electron chi connectivity index (χ4n) is 1.65. The van der Waals surface area contributed by atoms with Crippen LogP contribution in [0, 0.1) is 5.92 Å². The van der Waals surface area contributed by atoms with Crippen LogP contribution in [0.1, 0.15) is 25.7 Å². The van der Waals surface area contributed by atoms with Crippen LogP contribution < -0.4 is 5.73 Å². The van der Waals surface area contributed by atoms with Crippen molar-refractivity contribution < 1.29 is 4.74 Å². The molecule has 0 spiro atoms. The average molecular weight is 141 g/mol. The van der Waals surface area contributed by atoms with Crippen molar-refractivity contribution in [2.24, 2.45) is 11.7 Å². The van der Waals surface area contributed by atoms with Crippen LogP contribution in [0.5, 0.6) is 0 Å². The average Bonchev–Trinajstić information content (AvgIpc) is 2.68. The van der Waals surface area contributed by atoms with Crippen molar-refractivity contribution >= 4 is 0 Å². The number of hydrogen-bond acceptors (Lipinski definition) is 2. The molecule has 2 aliphatic rings. The molecule has 0 amide bonds. The van der Waals surface area contributed by atoms with Gasteiger partial charge in [0.15, 0.2) is 0 Å². The van der Waals surface area contributed by atoms with Crippen LogP contribution in [0.3, 0.4) is 0 Å². The summed E-state index contributed by atoms with van der Waals surface area (Å²) in [5.41, 5.74) is 5.81. The van der Waals surface area contributed by atoms with Gasteiger partial charge in [0.05, 0.1) is 6.10 Å². The SMILES string of the molecule is N[C@H]1CCO[C@H](C2CC2)C1. The zero-order valence-electron chi connectivity index (χ0n) is 6.25. The normalized spacial score (nSPS) is 41.7. The molecule has 0 radical (unpaired) electrons. The Labute approximate surface area is 61.7 Å². The van der Waals surface area contributed by atoms with E-state index in [-0.39, 0.29) is 0 Å². The van der Waals surface area contributed by atoms with Gasteiger partial charge in [-0.05, 0) is 31.6 Å². The first-order valence-electron chi connectivity index (χ1n) is 4.23. The molecule has 0 aromatic carbocycles. The van der Waals surface area contributed by atoms with Crippen molar-refractivity contribution in [2.45, 2.75) is 37.8 Å². The van der Waals surface area contributed by atoms with Crippen LogP contribution in [0.15, 0.2) is 0 Å². The van der Waals surface area contributed by atoms with Gasteiger partial charge in [-0.1, -0.05) is 0 Å². The van der Waals surface area contributed by atoms with E-state index in [1.165, 1.54) is 12.8 Å². The Morgan fingerprint density at radius 3 is 2.60 bits per heavy atom. The Bertz CT molecular complexity index is 122. The standard InChI is InChI=1S/C8H15NO/c9-7-3-4-10-8(5-7)6-1-2-6/h6-8H,1-5,9H2/t7-,8-/m0/s1. The van der Waals surface area contributed by atoms with Crippen molar-refractivity contribution in [2.75, 3.05) is 6.61 Å². The maximum absolute atomic E-state index is 5.81. The summed E-state index contributed by atoms with van der Waals surface area (Å²) in [5, 5.41) is 0. The molecule has 2 fully saturated rings. The molecule has 2 atom stereocenters. The van der Waals surface area contributed by atoms with Crippen LogP contribution >= 0.6 is 0 Å². The fourth-order valence-corrected chi connectivity index (χ4v) is 1.65. The van der Waals surface area contributed by atoms with Crippen LogP contribution in [0.4, 0.5) is 0 Å². The van der Waals surface area contributed by atoms with Crippen molar-refractivity contribution in [3.05, 3.63) is 0 Å². The minimum atomic E-state index is 0.416. The van der Waals surface area contributed by atoms with Gasteiger partial charge in [-0.15, -0.1) is 0 Å². The van der Waals surface area contributed by atoms with E-state index in [2.05, 4.69) is 0 Å². The molecule has 1 saturated carbocycles. The summed E-state index contributed by atoms with van der Waals surface area (Å²) in [7, 11) is 0. The number of nitrogens with two attached hydrogens (primary N) is 1. The molecule has 1 aliphatic heterocycles. The lowest BCUT2D eigenvalue weighted by molar-refractivity contribution is -0.00510. The Hall–Kier alpha value is -0.0800. The molecule has 0 unspecified atom stereocenters. The first kappa shape index (κ1) is 6.62. The van der Waals surface area contributed by atoms with Gasteiger partial charge in [-0.25, -0.2) is 0 Å². The van der Waals surface area contributed by atoms with Gasteiger partial charge in [-0.2, -0.15) is 0 Å². The predicted octanol–water partition coefficient (Wildman–Crippen LogP) is 0.903. The lowest BCUT2D eigenvalue weighted by Gasteiger charge is -2.26. The number of rotatable bonds is 1. The largest absolute Gasteiger partial charge is 0.378 e. The topological polar surface area (TPSA) is 35.2 Å². The molecule has 1 aliphatic carbocycles. The van der Waals surface area contributed by atoms with E-state index >= 15 is 0 Å². The molecule has 2 nitrogen and oxygen atoms in total. The lowest BCUT2D eigenvalue weighted by atomic mass is 10.0. The number of ether oxygens (including phenoxy) is 1. The van der Waals surface area contributed by atoms with Gasteiger partial charge < -0.3 is 10.5 Å². The molecule has 2 heteroatoms. The summed E-state index contributed by atoms with van der Waals surface area (Å²) >= 11 is 0. The van der Waals surface area contributed by atoms with Gasteiger partial charge in [0.1, 0.15) is 0 Å². The van der Waals surface area contributed by atoms with Crippen LogP contribution in [-0.2, 0) is 4.74 Å². The van der Waals surface area contributed by atoms with Gasteiger partial charge in [0.25, 0.3) is 0 Å². The highest BCUT2D eigenvalue weighted by molar-refractivity contribution is 4.86. The second kappa shape index (κ2) is 2.51. The predicted molar refractivity (Wildman–Crippen MR) is 39.7 cm³/mol. The van der Waals surface area contributed by atoms with Gasteiger partial charge in [-0.3, -0.25) is 0 Å². The molecule has 2 rings (SSSR count). The van der Waals surface area contributed by atoms with Crippen molar-refractivity contribution in [3.8, 4) is 0 Å². The van der Waals surface area contributed by atoms with Crippen molar-refractivity contribution in [1.29, 1.82) is 0 Å². The van der Waals surface area contributed by atoms with E-state index in [0.717, 1.165) is 25.4 Å². The highest BCUT2D eigenvalue weighted by Crippen LogP contribution is 2.37. The minimum Gasteiger partial charge on any atom is -0.378 e. The second-order valence-corrected chi connectivity index (χ2v) is 3.53. The van der Waals surface area contributed by atoms with Crippen LogP contribution in [0.25, 0.3) is 0 Å². The molecule has 1 saturated heterocycles. The summed E-state index contributed by atoms with van der Waals surface area (Å²) in [5.74, 6) is 0.867. The third-order valence-corrected chi connectivity index (χ3v) is 2.50. The Kier molecular flexibility index (Phi) is 1.66. The molecule has 0 bridgehead atoms. The van der Waals surface area contributed by atoms with Gasteiger partial charge in [0.2, 0.25) is 0 Å². The van der Waals surface area contributed by atoms with Crippen molar-refractivity contribution in [3.63, 3.8) is 0 Å². The second-order valence-electron chi connectivity index (χ2n) is 3.53. The summed E-state index contributed by atoms with van der Waals surface area (Å²) in [6.07, 6.45) is 5.42. The zero-order valence-corrected chi connectivity index (χ0v) is 6.25. The molecule has 0 aromatic heterocycles. The Morgan fingerprint density at radius 1 is 1.20 bits per heavy atom. The Balaban J connectivity index is 1.84. The van der Waals surface area contributed by atoms with Crippen LogP contribution in [-0.4, -0.2) is 18.8 Å². The van der Waals surface area contributed by atoms with Crippen molar-refractivity contribution in [1.82, 2.24) is 0 Å². The Morgan fingerprint density at radius 2 is 2.00 bits per heavy atom. The highest BCUT2D eigenvalue weighted by atomic mass is 16.5. The molecular weight excluding hydrogens is 126 g/mol. The third-order valence-electron chi connectivity index (χ3n) is 2.50. The quantitative estimate of drug-likeness (QED) is 0.589. The summed E-state index contributed by atoms with van der Waals surface area (Å²) < 4.78 is 5.59. The fraction of sp³-hybridized carbons (Fsp3) is 1.00. The summed E-state index contributed by atoms with van der Waals surface area (Å²) in [6.45, 7) is 0.891. The van der Waals surface area contributed by atoms with Gasteiger partial charge in [0, 0.05) is 12.6 Å². The summed E-state index contributed by atoms with van der Waals surface area (Å²) in [4.78, 5) is 0. The summed E-state index contributed by atoms with van der Waals surface area (Å²) in [6, 6.07) is 0.416. The smallest absolute Gasteiger partial charge is 0.0618 e. The first-order valence-corrected chi connectivity index (χ1v) is 4.23. The van der Waals surface area contributed by atoms with Crippen LogP contribution in [0.2, 0.25) is 0 Å². The maximum atomic E-state index is 5.81. The molecule has 58 valence electrons. The molecular formula is C8H15NO. The van der Waals surface area contributed by atoms with E-state index in [0.29, 0.717) is 12.1 Å². The first-order chi connectivity index (χ1) is 4.86. The van der Waals surface area contributed by atoms with E-state index < -0.39 is 0 Å². The monoisotopic (exact) mass is 141 g/mol. The third kappa shape index (κ3) is 1.32. The molecule has 2 N–H and O–H groups in total. The number of hydrogen-bond donors (Lipinski definition) is 1. The molecule has 10 heavy (non-hydrogen) atoms. The van der Waals surface area contributed by atoms with E-state index in [1.54, 1.807) is 0 Å². The minimum absolute atomic E-state index is 0.416. The molecule has 1 heterocycles. The van der Waals surface area contributed by atoms with Gasteiger partial charge >= 0.3 is 0 Å². The lowest BCUT2D eigenvalue weighted by Crippen LogP contribution is -2.35. The highest BCUT2D eigenvalue weighted by Gasteiger charge is 2.34. The van der Waals surface area contributed by atoms with E-state index in [1.807, 2.05) is 0 Å². The molecule has 0 aromatic rings. The zero-order chi connectivity index (χ0) is 6.97. The van der Waals surface area contributed by atoms with E-state index in [4.69, 9.17) is 10.5 Å².